The number of thiazole rings is 1. The molecular weight excluding hydrogens is 270 g/mol. The van der Waals surface area contributed by atoms with Crippen molar-refractivity contribution in [3.8, 4) is 0 Å². The van der Waals surface area contributed by atoms with Gasteiger partial charge in [0.25, 0.3) is 0 Å². The van der Waals surface area contributed by atoms with Crippen molar-refractivity contribution in [2.75, 3.05) is 0 Å². The molecule has 3 rings (SSSR count). The molecule has 3 aromatic rings. The van der Waals surface area contributed by atoms with Crippen LogP contribution < -0.4 is 5.32 Å². The number of aryl methyl sites for hydroxylation is 2. The monoisotopic (exact) mass is 287 g/mol. The van der Waals surface area contributed by atoms with E-state index in [0.29, 0.717) is 0 Å². The van der Waals surface area contributed by atoms with Crippen molar-refractivity contribution in [1.29, 1.82) is 0 Å². The third kappa shape index (κ3) is 2.46. The van der Waals surface area contributed by atoms with E-state index in [9.17, 15) is 0 Å². The predicted molar refractivity (Wildman–Crippen MR) is 80.9 cm³/mol. The zero-order valence-electron chi connectivity index (χ0n) is 11.8. The largest absolute Gasteiger partial charge is 0.361 e. The number of hydrogen-bond acceptors (Lipinski definition) is 5. The van der Waals surface area contributed by atoms with E-state index in [-0.39, 0.29) is 6.04 Å². The van der Waals surface area contributed by atoms with Crippen LogP contribution in [0.5, 0.6) is 0 Å². The highest BCUT2D eigenvalue weighted by Crippen LogP contribution is 2.24. The maximum atomic E-state index is 5.21. The molecule has 1 N–H and O–H groups in total. The molecule has 2 heterocycles. The summed E-state index contributed by atoms with van der Waals surface area (Å²) in [5.74, 6) is 0.881. The zero-order chi connectivity index (χ0) is 14.1. The molecule has 0 radical (unpaired) electrons. The molecule has 0 saturated carbocycles. The average molecular weight is 287 g/mol. The van der Waals surface area contributed by atoms with Gasteiger partial charge >= 0.3 is 0 Å². The summed E-state index contributed by atoms with van der Waals surface area (Å²) >= 11 is 1.73. The Kier molecular flexibility index (Phi) is 3.54. The van der Waals surface area contributed by atoms with Gasteiger partial charge in [-0.25, -0.2) is 4.98 Å². The van der Waals surface area contributed by atoms with Gasteiger partial charge in [-0.15, -0.1) is 11.3 Å². The van der Waals surface area contributed by atoms with Crippen molar-refractivity contribution < 1.29 is 4.52 Å². The van der Waals surface area contributed by atoms with Gasteiger partial charge < -0.3 is 9.84 Å². The van der Waals surface area contributed by atoms with E-state index in [1.807, 2.05) is 32.0 Å². The highest BCUT2D eigenvalue weighted by Gasteiger charge is 2.16. The summed E-state index contributed by atoms with van der Waals surface area (Å²) in [5.41, 5.74) is 3.16. The highest BCUT2D eigenvalue weighted by molar-refractivity contribution is 7.18. The van der Waals surface area contributed by atoms with Crippen molar-refractivity contribution in [2.45, 2.75) is 33.4 Å². The lowest BCUT2D eigenvalue weighted by molar-refractivity contribution is 0.390. The van der Waals surface area contributed by atoms with Gasteiger partial charge in [0.05, 0.1) is 15.9 Å². The second kappa shape index (κ2) is 5.34. The van der Waals surface area contributed by atoms with E-state index in [1.165, 1.54) is 4.70 Å². The molecule has 20 heavy (non-hydrogen) atoms. The van der Waals surface area contributed by atoms with E-state index in [2.05, 4.69) is 28.4 Å². The van der Waals surface area contributed by atoms with Crippen molar-refractivity contribution >= 4 is 21.6 Å². The van der Waals surface area contributed by atoms with Gasteiger partial charge in [0.2, 0.25) is 0 Å². The lowest BCUT2D eigenvalue weighted by Gasteiger charge is -2.12. The number of nitrogens with zero attached hydrogens (tertiary/aromatic N) is 2. The average Bonchev–Trinajstić information content (AvgIpc) is 2.99. The molecule has 4 nitrogen and oxygen atoms in total. The molecule has 0 aliphatic heterocycles. The van der Waals surface area contributed by atoms with Gasteiger partial charge in [-0.3, -0.25) is 0 Å². The number of nitrogens with one attached hydrogen (secondary N) is 1. The Morgan fingerprint density at radius 1 is 1.30 bits per heavy atom. The minimum absolute atomic E-state index is 0.202. The molecule has 1 aromatic carbocycles. The first-order chi connectivity index (χ1) is 9.65. The van der Waals surface area contributed by atoms with E-state index in [0.717, 1.165) is 34.1 Å². The maximum Gasteiger partial charge on any atom is 0.138 e. The Morgan fingerprint density at radius 3 is 2.80 bits per heavy atom. The number of benzene rings is 1. The van der Waals surface area contributed by atoms with Crippen molar-refractivity contribution in [1.82, 2.24) is 15.5 Å². The van der Waals surface area contributed by atoms with Gasteiger partial charge in [-0.1, -0.05) is 17.3 Å². The minimum atomic E-state index is 0.202. The summed E-state index contributed by atoms with van der Waals surface area (Å²) < 4.78 is 6.44. The smallest absolute Gasteiger partial charge is 0.138 e. The van der Waals surface area contributed by atoms with E-state index in [1.54, 1.807) is 11.3 Å². The van der Waals surface area contributed by atoms with Gasteiger partial charge in [0.15, 0.2) is 0 Å². The summed E-state index contributed by atoms with van der Waals surface area (Å²) in [5, 5.41) is 8.59. The molecule has 104 valence electrons. The molecule has 0 amide bonds. The molecule has 2 aromatic heterocycles. The molecule has 1 unspecified atom stereocenters. The fraction of sp³-hybridized carbons (Fsp3) is 0.333. The van der Waals surface area contributed by atoms with Crippen LogP contribution in [0.4, 0.5) is 0 Å². The lowest BCUT2D eigenvalue weighted by Crippen LogP contribution is -2.19. The van der Waals surface area contributed by atoms with Gasteiger partial charge in [-0.2, -0.15) is 0 Å². The van der Waals surface area contributed by atoms with E-state index in [4.69, 9.17) is 4.52 Å². The van der Waals surface area contributed by atoms with Crippen molar-refractivity contribution in [3.63, 3.8) is 0 Å². The summed E-state index contributed by atoms with van der Waals surface area (Å²) in [7, 11) is 0. The number of aromatic nitrogens is 2. The normalized spacial score (nSPS) is 12.9. The molecule has 1 atom stereocenters. The van der Waals surface area contributed by atoms with E-state index >= 15 is 0 Å². The Balaban J connectivity index is 1.73. The molecule has 0 bridgehead atoms. The highest BCUT2D eigenvalue weighted by atomic mass is 32.1. The van der Waals surface area contributed by atoms with Crippen LogP contribution in [-0.2, 0) is 6.54 Å². The Bertz CT molecular complexity index is 679. The maximum absolute atomic E-state index is 5.21. The first-order valence-corrected chi connectivity index (χ1v) is 7.47. The predicted octanol–water partition coefficient (Wildman–Crippen LogP) is 3.75. The van der Waals surface area contributed by atoms with E-state index < -0.39 is 0 Å². The molecular formula is C15H17N3OS. The lowest BCUT2D eigenvalue weighted by atomic mass is 10.1. The van der Waals surface area contributed by atoms with Crippen LogP contribution in [0, 0.1) is 13.8 Å². The van der Waals surface area contributed by atoms with Gasteiger partial charge in [0, 0.05) is 18.2 Å². The van der Waals surface area contributed by atoms with Crippen LogP contribution >= 0.6 is 11.3 Å². The Hall–Kier alpha value is -1.72. The Morgan fingerprint density at radius 2 is 2.10 bits per heavy atom. The number of hydrogen-bond donors (Lipinski definition) is 1. The van der Waals surface area contributed by atoms with Crippen LogP contribution in [0.2, 0.25) is 0 Å². The third-order valence-corrected chi connectivity index (χ3v) is 4.46. The molecule has 5 heteroatoms. The van der Waals surface area contributed by atoms with Crippen LogP contribution in [0.25, 0.3) is 10.2 Å². The zero-order valence-corrected chi connectivity index (χ0v) is 12.6. The fourth-order valence-electron chi connectivity index (χ4n) is 2.45. The Labute approximate surface area is 121 Å². The summed E-state index contributed by atoms with van der Waals surface area (Å²) in [6, 6.07) is 8.42. The number of para-hydroxylation sites is 1. The second-order valence-corrected chi connectivity index (χ2v) is 6.03. The third-order valence-electron chi connectivity index (χ3n) is 3.42. The van der Waals surface area contributed by atoms with Crippen molar-refractivity contribution in [3.05, 3.63) is 46.3 Å². The topological polar surface area (TPSA) is 51.0 Å². The van der Waals surface area contributed by atoms with Crippen molar-refractivity contribution in [2.24, 2.45) is 0 Å². The number of fused-ring (bicyclic) bond motifs is 1. The molecule has 0 saturated heterocycles. The van der Waals surface area contributed by atoms with Crippen LogP contribution in [0.15, 0.2) is 28.8 Å². The summed E-state index contributed by atoms with van der Waals surface area (Å²) in [4.78, 5) is 4.63. The quantitative estimate of drug-likeness (QED) is 0.794. The minimum Gasteiger partial charge on any atom is -0.361 e. The summed E-state index contributed by atoms with van der Waals surface area (Å²) in [6.45, 7) is 6.80. The van der Waals surface area contributed by atoms with Gasteiger partial charge in [0.1, 0.15) is 10.8 Å². The summed E-state index contributed by atoms with van der Waals surface area (Å²) in [6.07, 6.45) is 0. The second-order valence-electron chi connectivity index (χ2n) is 4.92. The van der Waals surface area contributed by atoms with Crippen LogP contribution in [0.3, 0.4) is 0 Å². The fourth-order valence-corrected chi connectivity index (χ4v) is 3.36. The first kappa shape index (κ1) is 13.3. The van der Waals surface area contributed by atoms with Gasteiger partial charge in [-0.05, 0) is 32.9 Å². The first-order valence-electron chi connectivity index (χ1n) is 6.65. The molecule has 0 fully saturated rings. The molecule has 0 spiro atoms. The molecule has 0 aliphatic rings. The van der Waals surface area contributed by atoms with Crippen LogP contribution in [-0.4, -0.2) is 10.1 Å². The molecule has 0 aliphatic carbocycles. The standard InChI is InChI=1S/C15H17N3OS/c1-9(15-10(2)18-19-11(15)3)16-8-14-17-12-6-4-5-7-13(12)20-14/h4-7,9,16H,8H2,1-3H3. The van der Waals surface area contributed by atoms with Crippen LogP contribution in [0.1, 0.15) is 35.0 Å². The number of rotatable bonds is 4. The SMILES string of the molecule is Cc1noc(C)c1C(C)NCc1nc2ccccc2s1.